The molecule has 1 saturated heterocycles. The van der Waals surface area contributed by atoms with Crippen LogP contribution in [0.1, 0.15) is 5.82 Å². The summed E-state index contributed by atoms with van der Waals surface area (Å²) in [6.45, 7) is 0.494. The van der Waals surface area contributed by atoms with Crippen LogP contribution in [0.15, 0.2) is 12.4 Å². The highest BCUT2D eigenvalue weighted by Gasteiger charge is 2.22. The molecule has 1 fully saturated rings. The van der Waals surface area contributed by atoms with Crippen LogP contribution in [0.2, 0.25) is 0 Å². The zero-order chi connectivity index (χ0) is 11.4. The van der Waals surface area contributed by atoms with Gasteiger partial charge in [-0.1, -0.05) is 0 Å². The first-order chi connectivity index (χ1) is 7.75. The van der Waals surface area contributed by atoms with Crippen LogP contribution in [0, 0.1) is 0 Å². The number of imidazole rings is 1. The van der Waals surface area contributed by atoms with E-state index in [0.29, 0.717) is 24.0 Å². The van der Waals surface area contributed by atoms with Gasteiger partial charge < -0.3 is 15.2 Å². The summed E-state index contributed by atoms with van der Waals surface area (Å²) < 4.78 is 0. The number of aromatic nitrogens is 2. The predicted molar refractivity (Wildman–Crippen MR) is 59.5 cm³/mol. The quantitative estimate of drug-likeness (QED) is 0.748. The van der Waals surface area contributed by atoms with Gasteiger partial charge in [0, 0.05) is 12.4 Å². The molecule has 0 saturated carbocycles. The number of hydrogen-bond donors (Lipinski definition) is 2. The third-order valence-corrected chi connectivity index (χ3v) is 3.11. The lowest BCUT2D eigenvalue weighted by molar-refractivity contribution is -0.132. The van der Waals surface area contributed by atoms with Crippen LogP contribution in [-0.4, -0.2) is 44.9 Å². The van der Waals surface area contributed by atoms with Gasteiger partial charge in [0.2, 0.25) is 11.8 Å². The van der Waals surface area contributed by atoms with Crippen LogP contribution in [0.3, 0.4) is 0 Å². The maximum atomic E-state index is 11.5. The third-order valence-electron chi connectivity index (χ3n) is 2.17. The van der Waals surface area contributed by atoms with Crippen molar-refractivity contribution in [2.45, 2.75) is 6.54 Å². The largest absolute Gasteiger partial charge is 0.347 e. The van der Waals surface area contributed by atoms with E-state index in [0.717, 1.165) is 0 Å². The summed E-state index contributed by atoms with van der Waals surface area (Å²) >= 11 is 1.53. The van der Waals surface area contributed by atoms with Crippen LogP contribution in [0.5, 0.6) is 0 Å². The minimum absolute atomic E-state index is 0.0261. The Hall–Kier alpha value is -1.50. The molecular formula is C9H12N4O2S. The van der Waals surface area contributed by atoms with E-state index in [9.17, 15) is 9.59 Å². The predicted octanol–water partition coefficient (Wildman–Crippen LogP) is -0.441. The fraction of sp³-hybridized carbons (Fsp3) is 0.444. The van der Waals surface area contributed by atoms with E-state index < -0.39 is 0 Å². The Labute approximate surface area is 96.8 Å². The maximum absolute atomic E-state index is 11.5. The van der Waals surface area contributed by atoms with Gasteiger partial charge in [-0.25, -0.2) is 4.98 Å². The van der Waals surface area contributed by atoms with Gasteiger partial charge in [-0.15, -0.1) is 11.8 Å². The summed E-state index contributed by atoms with van der Waals surface area (Å²) in [6.07, 6.45) is 3.32. The molecule has 0 bridgehead atoms. The number of carbonyl (C=O) groups is 2. The van der Waals surface area contributed by atoms with Gasteiger partial charge in [0.15, 0.2) is 0 Å². The molecule has 0 unspecified atom stereocenters. The van der Waals surface area contributed by atoms with Gasteiger partial charge in [0.1, 0.15) is 12.4 Å². The minimum Gasteiger partial charge on any atom is -0.347 e. The second-order valence-corrected chi connectivity index (χ2v) is 4.34. The number of aromatic amines is 1. The molecule has 1 aromatic rings. The molecule has 2 N–H and O–H groups in total. The zero-order valence-corrected chi connectivity index (χ0v) is 9.42. The summed E-state index contributed by atoms with van der Waals surface area (Å²) in [5.41, 5.74) is 0. The summed E-state index contributed by atoms with van der Waals surface area (Å²) in [4.78, 5) is 31.1. The van der Waals surface area contributed by atoms with E-state index >= 15 is 0 Å². The number of carbonyl (C=O) groups excluding carboxylic acids is 2. The second kappa shape index (κ2) is 5.02. The fourth-order valence-electron chi connectivity index (χ4n) is 1.35. The highest BCUT2D eigenvalue weighted by molar-refractivity contribution is 8.00. The number of rotatable bonds is 4. The lowest BCUT2D eigenvalue weighted by atomic mass is 10.4. The molecule has 1 aromatic heterocycles. The van der Waals surface area contributed by atoms with Gasteiger partial charge in [0.25, 0.3) is 0 Å². The molecule has 0 atom stereocenters. The van der Waals surface area contributed by atoms with Crippen molar-refractivity contribution >= 4 is 23.6 Å². The molecule has 0 aliphatic carbocycles. The molecule has 2 amide bonds. The zero-order valence-electron chi connectivity index (χ0n) is 8.60. The normalized spacial score (nSPS) is 15.5. The first-order valence-corrected chi connectivity index (χ1v) is 6.01. The Bertz CT molecular complexity index is 379. The van der Waals surface area contributed by atoms with Crippen molar-refractivity contribution in [3.8, 4) is 0 Å². The first-order valence-electron chi connectivity index (χ1n) is 4.86. The van der Waals surface area contributed by atoms with E-state index in [-0.39, 0.29) is 18.4 Å². The highest BCUT2D eigenvalue weighted by Crippen LogP contribution is 2.13. The topological polar surface area (TPSA) is 78.1 Å². The molecule has 1 aliphatic heterocycles. The number of nitrogens with one attached hydrogen (secondary N) is 2. The molecule has 2 heterocycles. The average Bonchev–Trinajstić information content (AvgIpc) is 2.88. The van der Waals surface area contributed by atoms with Crippen molar-refractivity contribution in [1.82, 2.24) is 20.2 Å². The summed E-state index contributed by atoms with van der Waals surface area (Å²) in [5, 5.41) is 2.70. The summed E-state index contributed by atoms with van der Waals surface area (Å²) in [5.74, 6) is 1.65. The van der Waals surface area contributed by atoms with Crippen molar-refractivity contribution < 1.29 is 9.59 Å². The van der Waals surface area contributed by atoms with E-state index in [1.165, 1.54) is 11.8 Å². The van der Waals surface area contributed by atoms with Gasteiger partial charge in [-0.3, -0.25) is 9.59 Å². The molecule has 7 heteroatoms. The standard InChI is InChI=1S/C9H12N4O2S/c14-8(4-13-6-16-5-9(13)15)12-3-7-10-1-2-11-7/h1-2H,3-6H2,(H,10,11)(H,12,14). The Morgan fingerprint density at radius 2 is 2.56 bits per heavy atom. The molecular weight excluding hydrogens is 228 g/mol. The van der Waals surface area contributed by atoms with Crippen LogP contribution in [0.25, 0.3) is 0 Å². The van der Waals surface area contributed by atoms with Crippen molar-refractivity contribution in [2.24, 2.45) is 0 Å². The monoisotopic (exact) mass is 240 g/mol. The van der Waals surface area contributed by atoms with E-state index in [1.54, 1.807) is 17.3 Å². The third kappa shape index (κ3) is 2.75. The van der Waals surface area contributed by atoms with E-state index in [1.807, 2.05) is 0 Å². The van der Waals surface area contributed by atoms with Gasteiger partial charge in [-0.05, 0) is 0 Å². The van der Waals surface area contributed by atoms with Gasteiger partial charge in [-0.2, -0.15) is 0 Å². The van der Waals surface area contributed by atoms with Gasteiger partial charge in [0.05, 0.1) is 18.2 Å². The number of H-pyrrole nitrogens is 1. The first kappa shape index (κ1) is 11.0. The van der Waals surface area contributed by atoms with Crippen molar-refractivity contribution in [2.75, 3.05) is 18.2 Å². The molecule has 6 nitrogen and oxygen atoms in total. The number of thioether (sulfide) groups is 1. The summed E-state index contributed by atoms with van der Waals surface area (Å²) in [7, 11) is 0. The lowest BCUT2D eigenvalue weighted by Gasteiger charge is -2.13. The Morgan fingerprint density at radius 1 is 1.69 bits per heavy atom. The number of hydrogen-bond acceptors (Lipinski definition) is 4. The van der Waals surface area contributed by atoms with E-state index in [2.05, 4.69) is 15.3 Å². The summed E-state index contributed by atoms with van der Waals surface area (Å²) in [6, 6.07) is 0. The molecule has 0 spiro atoms. The number of amides is 2. The number of nitrogens with zero attached hydrogens (tertiary/aromatic N) is 2. The molecule has 86 valence electrons. The second-order valence-electron chi connectivity index (χ2n) is 3.38. The minimum atomic E-state index is -0.160. The SMILES string of the molecule is O=C(CN1CSCC1=O)NCc1ncc[nH]1. The average molecular weight is 240 g/mol. The lowest BCUT2D eigenvalue weighted by Crippen LogP contribution is -2.38. The van der Waals surface area contributed by atoms with Crippen LogP contribution in [-0.2, 0) is 16.1 Å². The highest BCUT2D eigenvalue weighted by atomic mass is 32.2. The van der Waals surface area contributed by atoms with Gasteiger partial charge >= 0.3 is 0 Å². The maximum Gasteiger partial charge on any atom is 0.240 e. The molecule has 0 aromatic carbocycles. The fourth-order valence-corrected chi connectivity index (χ4v) is 2.25. The molecule has 0 radical (unpaired) electrons. The van der Waals surface area contributed by atoms with Crippen LogP contribution >= 0.6 is 11.8 Å². The van der Waals surface area contributed by atoms with E-state index in [4.69, 9.17) is 0 Å². The Kier molecular flexibility index (Phi) is 3.45. The van der Waals surface area contributed by atoms with Crippen molar-refractivity contribution in [1.29, 1.82) is 0 Å². The van der Waals surface area contributed by atoms with Crippen molar-refractivity contribution in [3.63, 3.8) is 0 Å². The Balaban J connectivity index is 1.74. The van der Waals surface area contributed by atoms with Crippen LogP contribution in [0.4, 0.5) is 0 Å². The molecule has 16 heavy (non-hydrogen) atoms. The smallest absolute Gasteiger partial charge is 0.240 e. The Morgan fingerprint density at radius 3 is 3.19 bits per heavy atom. The van der Waals surface area contributed by atoms with Crippen molar-refractivity contribution in [3.05, 3.63) is 18.2 Å². The molecule has 1 aliphatic rings. The van der Waals surface area contributed by atoms with Crippen LogP contribution < -0.4 is 5.32 Å². The molecule has 2 rings (SSSR count).